The summed E-state index contributed by atoms with van der Waals surface area (Å²) < 4.78 is 26.9. The van der Waals surface area contributed by atoms with Crippen molar-refractivity contribution >= 4 is 23.1 Å². The molecule has 0 saturated carbocycles. The second-order valence-corrected chi connectivity index (χ2v) is 4.07. The molecule has 0 unspecified atom stereocenters. The molecule has 2 rings (SSSR count). The van der Waals surface area contributed by atoms with Gasteiger partial charge in [0.1, 0.15) is 11.6 Å². The summed E-state index contributed by atoms with van der Waals surface area (Å²) in [7, 11) is 0. The normalized spacial score (nSPS) is 10.4. The van der Waals surface area contributed by atoms with Crippen LogP contribution in [0.25, 0.3) is 0 Å². The molecule has 0 heterocycles. The highest BCUT2D eigenvalue weighted by Crippen LogP contribution is 2.23. The fourth-order valence-electron chi connectivity index (χ4n) is 1.53. The first-order valence-corrected chi connectivity index (χ1v) is 5.42. The molecule has 5 heteroatoms. The third-order valence-corrected chi connectivity index (χ3v) is 2.78. The molecular formula is C13H8ClF2NO. The lowest BCUT2D eigenvalue weighted by molar-refractivity contribution is 0.103. The lowest BCUT2D eigenvalue weighted by Gasteiger charge is -2.05. The molecule has 0 amide bonds. The fourth-order valence-corrected chi connectivity index (χ4v) is 1.71. The van der Waals surface area contributed by atoms with Gasteiger partial charge >= 0.3 is 0 Å². The maximum absolute atomic E-state index is 13.4. The zero-order valence-corrected chi connectivity index (χ0v) is 9.84. The number of carbonyl (C=O) groups excluding carboxylic acids is 1. The van der Waals surface area contributed by atoms with Crippen molar-refractivity contribution in [3.05, 3.63) is 64.2 Å². The van der Waals surface area contributed by atoms with Crippen LogP contribution in [0, 0.1) is 11.6 Å². The third kappa shape index (κ3) is 2.19. The van der Waals surface area contributed by atoms with Gasteiger partial charge in [0.05, 0.1) is 16.3 Å². The first-order valence-electron chi connectivity index (χ1n) is 5.04. The van der Waals surface area contributed by atoms with E-state index in [2.05, 4.69) is 0 Å². The minimum atomic E-state index is -0.909. The van der Waals surface area contributed by atoms with E-state index in [0.29, 0.717) is 5.69 Å². The summed E-state index contributed by atoms with van der Waals surface area (Å²) in [5.74, 6) is -2.59. The Hall–Kier alpha value is -1.94. The molecule has 0 radical (unpaired) electrons. The maximum Gasteiger partial charge on any atom is 0.198 e. The van der Waals surface area contributed by atoms with Crippen molar-refractivity contribution in [2.45, 2.75) is 0 Å². The topological polar surface area (TPSA) is 43.1 Å². The van der Waals surface area contributed by atoms with Crippen LogP contribution in [0.4, 0.5) is 14.5 Å². The van der Waals surface area contributed by atoms with Crippen LogP contribution in [-0.4, -0.2) is 5.78 Å². The second-order valence-electron chi connectivity index (χ2n) is 3.66. The van der Waals surface area contributed by atoms with Gasteiger partial charge in [-0.05, 0) is 30.3 Å². The van der Waals surface area contributed by atoms with E-state index in [1.807, 2.05) is 0 Å². The summed E-state index contributed by atoms with van der Waals surface area (Å²) >= 11 is 5.76. The van der Waals surface area contributed by atoms with Gasteiger partial charge in [0.2, 0.25) is 0 Å². The monoisotopic (exact) mass is 267 g/mol. The Morgan fingerprint density at radius 2 is 1.72 bits per heavy atom. The summed E-state index contributed by atoms with van der Waals surface area (Å²) in [6.07, 6.45) is 0. The molecule has 0 fully saturated rings. The number of hydrogen-bond acceptors (Lipinski definition) is 2. The fraction of sp³-hybridized carbons (Fsp3) is 0. The van der Waals surface area contributed by atoms with Crippen LogP contribution in [-0.2, 0) is 0 Å². The van der Waals surface area contributed by atoms with Crippen molar-refractivity contribution in [1.82, 2.24) is 0 Å². The number of anilines is 1. The largest absolute Gasteiger partial charge is 0.398 e. The number of nitrogen functional groups attached to an aromatic ring is 1. The first kappa shape index (κ1) is 12.5. The number of rotatable bonds is 2. The number of hydrogen-bond donors (Lipinski definition) is 1. The number of ketones is 1. The van der Waals surface area contributed by atoms with Gasteiger partial charge < -0.3 is 5.73 Å². The molecule has 0 spiro atoms. The number of carbonyl (C=O) groups is 1. The van der Waals surface area contributed by atoms with E-state index in [9.17, 15) is 13.6 Å². The Labute approximate surface area is 107 Å². The molecule has 2 N–H and O–H groups in total. The SMILES string of the molecule is Nc1ccc(C(=O)c2c(F)cccc2F)cc1Cl. The van der Waals surface area contributed by atoms with Gasteiger partial charge in [-0.1, -0.05) is 17.7 Å². The smallest absolute Gasteiger partial charge is 0.198 e. The Morgan fingerprint density at radius 3 is 2.28 bits per heavy atom. The van der Waals surface area contributed by atoms with Crippen molar-refractivity contribution in [3.8, 4) is 0 Å². The first-order chi connectivity index (χ1) is 8.50. The zero-order chi connectivity index (χ0) is 13.3. The van der Waals surface area contributed by atoms with E-state index >= 15 is 0 Å². The molecule has 2 nitrogen and oxygen atoms in total. The van der Waals surface area contributed by atoms with Gasteiger partial charge in [-0.15, -0.1) is 0 Å². The Kier molecular flexibility index (Phi) is 3.30. The minimum absolute atomic E-state index is 0.0817. The van der Waals surface area contributed by atoms with Crippen LogP contribution in [0.15, 0.2) is 36.4 Å². The molecule has 0 aromatic heterocycles. The van der Waals surface area contributed by atoms with Gasteiger partial charge in [-0.3, -0.25) is 4.79 Å². The molecule has 0 saturated heterocycles. The van der Waals surface area contributed by atoms with E-state index in [1.165, 1.54) is 24.3 Å². The standard InChI is InChI=1S/C13H8ClF2NO/c14-8-6-7(4-5-11(8)17)13(18)12-9(15)2-1-3-10(12)16/h1-6H,17H2. The van der Waals surface area contributed by atoms with Gasteiger partial charge in [-0.25, -0.2) is 8.78 Å². The number of nitrogens with two attached hydrogens (primary N) is 1. The lowest BCUT2D eigenvalue weighted by Crippen LogP contribution is -2.07. The number of halogens is 3. The van der Waals surface area contributed by atoms with Crippen LogP contribution < -0.4 is 5.73 Å². The molecule has 18 heavy (non-hydrogen) atoms. The predicted molar refractivity (Wildman–Crippen MR) is 65.7 cm³/mol. The maximum atomic E-state index is 13.4. The van der Waals surface area contributed by atoms with Crippen molar-refractivity contribution in [2.24, 2.45) is 0 Å². The van der Waals surface area contributed by atoms with Crippen molar-refractivity contribution in [2.75, 3.05) is 5.73 Å². The molecule has 0 aliphatic carbocycles. The van der Waals surface area contributed by atoms with E-state index in [1.54, 1.807) is 0 Å². The number of benzene rings is 2. The zero-order valence-electron chi connectivity index (χ0n) is 9.08. The summed E-state index contributed by atoms with van der Waals surface area (Å²) in [5, 5.41) is 0.164. The average Bonchev–Trinajstić information content (AvgIpc) is 2.32. The van der Waals surface area contributed by atoms with Crippen molar-refractivity contribution in [1.29, 1.82) is 0 Å². The molecule has 2 aromatic rings. The molecule has 0 bridgehead atoms. The highest BCUT2D eigenvalue weighted by molar-refractivity contribution is 6.33. The summed E-state index contributed by atoms with van der Waals surface area (Å²) in [6, 6.07) is 7.30. The van der Waals surface area contributed by atoms with Crippen LogP contribution in [0.5, 0.6) is 0 Å². The second kappa shape index (κ2) is 4.74. The van der Waals surface area contributed by atoms with E-state index in [0.717, 1.165) is 12.1 Å². The summed E-state index contributed by atoms with van der Waals surface area (Å²) in [6.45, 7) is 0. The van der Waals surface area contributed by atoms with Crippen molar-refractivity contribution in [3.63, 3.8) is 0 Å². The highest BCUT2D eigenvalue weighted by atomic mass is 35.5. The van der Waals surface area contributed by atoms with Gasteiger partial charge in [0.15, 0.2) is 5.78 Å². The predicted octanol–water partition coefficient (Wildman–Crippen LogP) is 3.43. The molecule has 0 aliphatic rings. The van der Waals surface area contributed by atoms with Crippen molar-refractivity contribution < 1.29 is 13.6 Å². The Bertz CT molecular complexity index is 608. The molecule has 0 atom stereocenters. The quantitative estimate of drug-likeness (QED) is 0.669. The Morgan fingerprint density at radius 1 is 1.11 bits per heavy atom. The van der Waals surface area contributed by atoms with Crippen LogP contribution in [0.2, 0.25) is 5.02 Å². The minimum Gasteiger partial charge on any atom is -0.398 e. The van der Waals surface area contributed by atoms with Crippen LogP contribution in [0.1, 0.15) is 15.9 Å². The molecular weight excluding hydrogens is 260 g/mol. The third-order valence-electron chi connectivity index (χ3n) is 2.45. The average molecular weight is 268 g/mol. The Balaban J connectivity index is 2.51. The lowest BCUT2D eigenvalue weighted by atomic mass is 10.0. The van der Waals surface area contributed by atoms with Gasteiger partial charge in [0.25, 0.3) is 0 Å². The molecule has 92 valence electrons. The van der Waals surface area contributed by atoms with Gasteiger partial charge in [-0.2, -0.15) is 0 Å². The van der Waals surface area contributed by atoms with Crippen LogP contribution in [0.3, 0.4) is 0 Å². The molecule has 0 aliphatic heterocycles. The highest BCUT2D eigenvalue weighted by Gasteiger charge is 2.19. The molecule has 2 aromatic carbocycles. The summed E-state index contributed by atoms with van der Waals surface area (Å²) in [4.78, 5) is 12.0. The summed E-state index contributed by atoms with van der Waals surface area (Å²) in [5.41, 5.74) is 5.27. The van der Waals surface area contributed by atoms with Crippen LogP contribution >= 0.6 is 11.6 Å². The van der Waals surface area contributed by atoms with E-state index < -0.39 is 23.0 Å². The van der Waals surface area contributed by atoms with E-state index in [-0.39, 0.29) is 10.6 Å². The van der Waals surface area contributed by atoms with E-state index in [4.69, 9.17) is 17.3 Å². The van der Waals surface area contributed by atoms with Gasteiger partial charge in [0, 0.05) is 5.56 Å².